The van der Waals surface area contributed by atoms with Crippen LogP contribution in [0, 0.1) is 0 Å². The molecule has 0 spiro atoms. The molecule has 4 rings (SSSR count). The minimum atomic E-state index is -0.584. The predicted octanol–water partition coefficient (Wildman–Crippen LogP) is 2.54. The number of esters is 1. The molecule has 3 aromatic heterocycles. The van der Waals surface area contributed by atoms with E-state index in [1.165, 1.54) is 16.0 Å². The highest BCUT2D eigenvalue weighted by Gasteiger charge is 2.21. The second kappa shape index (κ2) is 9.18. The van der Waals surface area contributed by atoms with Gasteiger partial charge in [0.05, 0.1) is 0 Å². The maximum atomic E-state index is 13.0. The molecule has 4 aromatic rings. The Morgan fingerprint density at radius 2 is 1.93 bits per heavy atom. The van der Waals surface area contributed by atoms with Crippen LogP contribution in [-0.2, 0) is 22.7 Å². The van der Waals surface area contributed by atoms with Crippen molar-refractivity contribution in [3.8, 4) is 11.4 Å². The van der Waals surface area contributed by atoms with Crippen molar-refractivity contribution < 1.29 is 9.53 Å². The number of benzene rings is 1. The highest BCUT2D eigenvalue weighted by Crippen LogP contribution is 2.22. The summed E-state index contributed by atoms with van der Waals surface area (Å²) in [5.41, 5.74) is 0.968. The number of hydrogen-bond acceptors (Lipinski definition) is 9. The molecule has 0 aliphatic rings. The van der Waals surface area contributed by atoms with Gasteiger partial charge in [0.25, 0.3) is 0 Å². The molecule has 30 heavy (non-hydrogen) atoms. The van der Waals surface area contributed by atoms with Gasteiger partial charge in [-0.25, -0.2) is 9.48 Å². The lowest BCUT2D eigenvalue weighted by atomic mass is 10.2. The van der Waals surface area contributed by atoms with Crippen molar-refractivity contribution in [2.45, 2.75) is 26.5 Å². The predicted molar refractivity (Wildman–Crippen MR) is 110 cm³/mol. The first-order chi connectivity index (χ1) is 14.8. The Kier molecular flexibility index (Phi) is 5.99. The van der Waals surface area contributed by atoms with Crippen LogP contribution < -0.4 is 0 Å². The first-order valence-corrected chi connectivity index (χ1v) is 10.2. The van der Waals surface area contributed by atoms with Crippen LogP contribution in [-0.4, -0.2) is 46.4 Å². The number of aryl methyl sites for hydroxylation is 1. The van der Waals surface area contributed by atoms with E-state index in [-0.39, 0.29) is 12.3 Å². The van der Waals surface area contributed by atoms with Gasteiger partial charge < -0.3 is 4.74 Å². The molecule has 1 aromatic carbocycles. The monoisotopic (exact) mass is 422 g/mol. The summed E-state index contributed by atoms with van der Waals surface area (Å²) in [5, 5.41) is 25.3. The Labute approximate surface area is 175 Å². The van der Waals surface area contributed by atoms with Crippen molar-refractivity contribution in [3.63, 3.8) is 0 Å². The zero-order chi connectivity index (χ0) is 20.8. The SMILES string of the molecule is CCCn1nnnc1COC(=O)/C(=C/c1cccs1)n1nnnc1-c1ccccc1. The quantitative estimate of drug-likeness (QED) is 0.314. The van der Waals surface area contributed by atoms with Gasteiger partial charge in [-0.2, -0.15) is 4.68 Å². The van der Waals surface area contributed by atoms with E-state index < -0.39 is 5.97 Å². The normalized spacial score (nSPS) is 11.6. The molecule has 152 valence electrons. The number of carbonyl (C=O) groups excluding carboxylic acids is 1. The molecular weight excluding hydrogens is 404 g/mol. The Balaban J connectivity index is 1.64. The minimum Gasteiger partial charge on any atom is -0.453 e. The zero-order valence-corrected chi connectivity index (χ0v) is 16.9. The Bertz CT molecular complexity index is 1130. The molecule has 3 heterocycles. The number of aromatic nitrogens is 8. The van der Waals surface area contributed by atoms with Crippen LogP contribution in [0.2, 0.25) is 0 Å². The summed E-state index contributed by atoms with van der Waals surface area (Å²) in [6, 6.07) is 13.2. The van der Waals surface area contributed by atoms with Crippen LogP contribution in [0.4, 0.5) is 0 Å². The summed E-state index contributed by atoms with van der Waals surface area (Å²) in [4.78, 5) is 13.9. The van der Waals surface area contributed by atoms with Gasteiger partial charge in [0.15, 0.2) is 24.0 Å². The summed E-state index contributed by atoms with van der Waals surface area (Å²) in [7, 11) is 0. The summed E-state index contributed by atoms with van der Waals surface area (Å²) >= 11 is 1.49. The van der Waals surface area contributed by atoms with Crippen LogP contribution >= 0.6 is 11.3 Å². The molecule has 10 nitrogen and oxygen atoms in total. The van der Waals surface area contributed by atoms with Crippen molar-refractivity contribution in [2.24, 2.45) is 0 Å². The smallest absolute Gasteiger partial charge is 0.357 e. The van der Waals surface area contributed by atoms with Crippen LogP contribution in [0.3, 0.4) is 0 Å². The third kappa shape index (κ3) is 4.30. The van der Waals surface area contributed by atoms with Crippen molar-refractivity contribution in [1.82, 2.24) is 40.4 Å². The largest absolute Gasteiger partial charge is 0.453 e. The van der Waals surface area contributed by atoms with E-state index in [1.807, 2.05) is 54.8 Å². The number of carbonyl (C=O) groups is 1. The van der Waals surface area contributed by atoms with Crippen LogP contribution in [0.25, 0.3) is 23.2 Å². The van der Waals surface area contributed by atoms with E-state index in [0.717, 1.165) is 16.9 Å². The fourth-order valence-electron chi connectivity index (χ4n) is 2.75. The van der Waals surface area contributed by atoms with E-state index in [2.05, 4.69) is 31.1 Å². The van der Waals surface area contributed by atoms with Gasteiger partial charge in [-0.1, -0.05) is 43.3 Å². The van der Waals surface area contributed by atoms with Gasteiger partial charge in [-0.05, 0) is 44.8 Å². The number of nitrogens with zero attached hydrogens (tertiary/aromatic N) is 8. The Hall–Kier alpha value is -3.73. The first-order valence-electron chi connectivity index (χ1n) is 9.28. The molecule has 11 heteroatoms. The molecule has 0 saturated heterocycles. The molecule has 0 fully saturated rings. The first kappa shape index (κ1) is 19.6. The molecule has 0 atom stereocenters. The average molecular weight is 422 g/mol. The molecule has 0 N–H and O–H groups in total. The fourth-order valence-corrected chi connectivity index (χ4v) is 3.40. The summed E-state index contributed by atoms with van der Waals surface area (Å²) in [5.74, 6) is 0.325. The van der Waals surface area contributed by atoms with E-state index in [4.69, 9.17) is 4.74 Å². The van der Waals surface area contributed by atoms with E-state index in [9.17, 15) is 4.79 Å². The molecule has 0 amide bonds. The van der Waals surface area contributed by atoms with Crippen LogP contribution in [0.1, 0.15) is 24.0 Å². The zero-order valence-electron chi connectivity index (χ0n) is 16.1. The van der Waals surface area contributed by atoms with Gasteiger partial charge >= 0.3 is 5.97 Å². The Morgan fingerprint density at radius 3 is 2.70 bits per heavy atom. The lowest BCUT2D eigenvalue weighted by molar-refractivity contribution is -0.138. The maximum absolute atomic E-state index is 13.0. The van der Waals surface area contributed by atoms with Crippen LogP contribution in [0.5, 0.6) is 0 Å². The summed E-state index contributed by atoms with van der Waals surface area (Å²) in [6.07, 6.45) is 2.56. The van der Waals surface area contributed by atoms with E-state index in [0.29, 0.717) is 18.2 Å². The number of rotatable bonds is 8. The number of tetrazole rings is 2. The molecule has 0 unspecified atom stereocenters. The highest BCUT2D eigenvalue weighted by molar-refractivity contribution is 7.10. The third-order valence-electron chi connectivity index (χ3n) is 4.13. The average Bonchev–Trinajstić information content (AvgIpc) is 3.53. The van der Waals surface area contributed by atoms with Crippen LogP contribution in [0.15, 0.2) is 47.8 Å². The van der Waals surface area contributed by atoms with E-state index in [1.54, 1.807) is 10.8 Å². The number of ether oxygens (including phenoxy) is 1. The second-order valence-corrected chi connectivity index (χ2v) is 7.20. The number of thiophene rings is 1. The lowest BCUT2D eigenvalue weighted by Gasteiger charge is -2.10. The van der Waals surface area contributed by atoms with Gasteiger partial charge in [-0.3, -0.25) is 0 Å². The maximum Gasteiger partial charge on any atom is 0.357 e. The van der Waals surface area contributed by atoms with Gasteiger partial charge in [0, 0.05) is 17.0 Å². The van der Waals surface area contributed by atoms with Gasteiger partial charge in [0.2, 0.25) is 0 Å². The summed E-state index contributed by atoms with van der Waals surface area (Å²) in [6.45, 7) is 2.60. The topological polar surface area (TPSA) is 114 Å². The molecular formula is C19H18N8O2S. The lowest BCUT2D eigenvalue weighted by Crippen LogP contribution is -2.16. The molecule has 0 saturated carbocycles. The molecule has 0 aliphatic heterocycles. The van der Waals surface area contributed by atoms with E-state index >= 15 is 0 Å². The second-order valence-electron chi connectivity index (χ2n) is 6.22. The van der Waals surface area contributed by atoms with Gasteiger partial charge in [-0.15, -0.1) is 21.5 Å². The highest BCUT2D eigenvalue weighted by atomic mass is 32.1. The molecule has 0 radical (unpaired) electrons. The fraction of sp³-hybridized carbons (Fsp3) is 0.211. The number of hydrogen-bond donors (Lipinski definition) is 0. The summed E-state index contributed by atoms with van der Waals surface area (Å²) < 4.78 is 8.51. The standard InChI is InChI=1S/C19H18N8O2S/c1-2-10-26-17(20-22-24-26)13-29-19(28)16(12-15-9-6-11-30-15)27-18(21-23-25-27)14-7-4-3-5-8-14/h3-9,11-12H,2,10,13H2,1H3/b16-12-. The van der Waals surface area contributed by atoms with Crippen molar-refractivity contribution in [3.05, 3.63) is 58.5 Å². The molecule has 0 aliphatic carbocycles. The Morgan fingerprint density at radius 1 is 1.10 bits per heavy atom. The van der Waals surface area contributed by atoms with Gasteiger partial charge in [0.1, 0.15) is 0 Å². The van der Waals surface area contributed by atoms with Crippen molar-refractivity contribution in [2.75, 3.05) is 0 Å². The third-order valence-corrected chi connectivity index (χ3v) is 4.95. The minimum absolute atomic E-state index is 0.0591. The van der Waals surface area contributed by atoms with Crippen molar-refractivity contribution >= 4 is 29.1 Å². The van der Waals surface area contributed by atoms with Crippen molar-refractivity contribution in [1.29, 1.82) is 0 Å². The molecule has 0 bridgehead atoms.